The molecule has 0 aromatic heterocycles. The lowest BCUT2D eigenvalue weighted by Crippen LogP contribution is -2.00. The molecule has 0 aliphatic rings. The van der Waals surface area contributed by atoms with E-state index in [9.17, 15) is 10.1 Å². The first-order valence-corrected chi connectivity index (χ1v) is 5.79. The third-order valence-electron chi connectivity index (χ3n) is 2.67. The van der Waals surface area contributed by atoms with Crippen LogP contribution in [-0.2, 0) is 6.61 Å². The number of rotatable bonds is 5. The fraction of sp³-hybridized carbons (Fsp3) is 0.0667. The summed E-state index contributed by atoms with van der Waals surface area (Å²) in [6.45, 7) is 3.87. The molecule has 0 saturated carbocycles. The average molecular weight is 255 g/mol. The molecule has 0 aliphatic heterocycles. The third kappa shape index (κ3) is 2.98. The molecule has 0 atom stereocenters. The molecule has 0 bridgehead atoms. The van der Waals surface area contributed by atoms with Crippen molar-refractivity contribution in [2.75, 3.05) is 0 Å². The van der Waals surface area contributed by atoms with Crippen LogP contribution in [-0.4, -0.2) is 4.92 Å². The van der Waals surface area contributed by atoms with Gasteiger partial charge in [-0.2, -0.15) is 0 Å². The maximum Gasteiger partial charge on any atom is 0.318 e. The third-order valence-corrected chi connectivity index (χ3v) is 2.67. The highest BCUT2D eigenvalue weighted by atomic mass is 16.6. The van der Waals surface area contributed by atoms with Gasteiger partial charge in [-0.15, -0.1) is 0 Å². The summed E-state index contributed by atoms with van der Waals surface area (Å²) >= 11 is 0. The highest BCUT2D eigenvalue weighted by Gasteiger charge is 2.18. The summed E-state index contributed by atoms with van der Waals surface area (Å²) in [6.07, 6.45) is 1.45. The van der Waals surface area contributed by atoms with Gasteiger partial charge in [0.25, 0.3) is 0 Å². The van der Waals surface area contributed by atoms with E-state index in [0.717, 1.165) is 5.56 Å². The molecule has 96 valence electrons. The highest BCUT2D eigenvalue weighted by molar-refractivity contribution is 5.65. The highest BCUT2D eigenvalue weighted by Crippen LogP contribution is 2.31. The summed E-state index contributed by atoms with van der Waals surface area (Å²) in [5, 5.41) is 11.1. The van der Waals surface area contributed by atoms with Gasteiger partial charge < -0.3 is 4.74 Å². The lowest BCUT2D eigenvalue weighted by atomic mass is 10.1. The molecule has 0 fully saturated rings. The molecule has 2 aromatic carbocycles. The zero-order chi connectivity index (χ0) is 13.7. The van der Waals surface area contributed by atoms with Gasteiger partial charge in [0.2, 0.25) is 0 Å². The van der Waals surface area contributed by atoms with Crippen molar-refractivity contribution in [1.29, 1.82) is 0 Å². The van der Waals surface area contributed by atoms with Crippen LogP contribution in [0.2, 0.25) is 0 Å². The van der Waals surface area contributed by atoms with Gasteiger partial charge in [-0.1, -0.05) is 49.1 Å². The molecule has 2 aromatic rings. The van der Waals surface area contributed by atoms with Crippen LogP contribution in [0.1, 0.15) is 11.1 Å². The lowest BCUT2D eigenvalue weighted by molar-refractivity contribution is -0.386. The van der Waals surface area contributed by atoms with Crippen LogP contribution in [0.3, 0.4) is 0 Å². The quantitative estimate of drug-likeness (QED) is 0.603. The fourth-order valence-electron chi connectivity index (χ4n) is 1.75. The summed E-state index contributed by atoms with van der Waals surface area (Å²) in [6, 6.07) is 14.5. The first-order chi connectivity index (χ1) is 9.22. The zero-order valence-corrected chi connectivity index (χ0v) is 10.3. The summed E-state index contributed by atoms with van der Waals surface area (Å²) in [5.74, 6) is 0.256. The predicted molar refractivity (Wildman–Crippen MR) is 74.0 cm³/mol. The summed E-state index contributed by atoms with van der Waals surface area (Å²) in [5.41, 5.74) is 1.37. The van der Waals surface area contributed by atoms with Crippen molar-refractivity contribution < 1.29 is 9.66 Å². The molecule has 0 saturated heterocycles. The fourth-order valence-corrected chi connectivity index (χ4v) is 1.75. The Hall–Kier alpha value is -2.62. The van der Waals surface area contributed by atoms with Crippen molar-refractivity contribution in [3.05, 3.63) is 76.4 Å². The molecule has 4 heteroatoms. The van der Waals surface area contributed by atoms with E-state index in [4.69, 9.17) is 4.74 Å². The molecule has 4 nitrogen and oxygen atoms in total. The van der Waals surface area contributed by atoms with Gasteiger partial charge in [0.15, 0.2) is 5.75 Å². The Balaban J connectivity index is 2.25. The molecule has 0 spiro atoms. The summed E-state index contributed by atoms with van der Waals surface area (Å²) < 4.78 is 5.54. The van der Waals surface area contributed by atoms with Crippen molar-refractivity contribution in [2.45, 2.75) is 6.61 Å². The number of hydrogen-bond donors (Lipinski definition) is 0. The van der Waals surface area contributed by atoms with E-state index >= 15 is 0 Å². The van der Waals surface area contributed by atoms with Crippen molar-refractivity contribution in [3.63, 3.8) is 0 Å². The maximum absolute atomic E-state index is 11.1. The predicted octanol–water partition coefficient (Wildman–Crippen LogP) is 3.82. The number of nitro benzene ring substituents is 1. The van der Waals surface area contributed by atoms with Crippen LogP contribution >= 0.6 is 0 Å². The van der Waals surface area contributed by atoms with Crippen LogP contribution in [0.25, 0.3) is 6.08 Å². The molecule has 2 rings (SSSR count). The van der Waals surface area contributed by atoms with Gasteiger partial charge >= 0.3 is 5.69 Å². The Morgan fingerprint density at radius 2 is 1.89 bits per heavy atom. The number of para-hydroxylation sites is 1. The van der Waals surface area contributed by atoms with Crippen LogP contribution in [0.4, 0.5) is 5.69 Å². The second-order valence-corrected chi connectivity index (χ2v) is 3.93. The molecule has 0 aliphatic carbocycles. The minimum Gasteiger partial charge on any atom is -0.482 e. The molecule has 0 unspecified atom stereocenters. The molecular formula is C15H13NO3. The van der Waals surface area contributed by atoms with E-state index in [1.807, 2.05) is 30.3 Å². The SMILES string of the molecule is C=Cc1cccc(OCc2ccccc2)c1[N+](=O)[O-]. The summed E-state index contributed by atoms with van der Waals surface area (Å²) in [7, 11) is 0. The van der Waals surface area contributed by atoms with Gasteiger partial charge in [0, 0.05) is 0 Å². The summed E-state index contributed by atoms with van der Waals surface area (Å²) in [4.78, 5) is 10.6. The Labute approximate surface area is 111 Å². The minimum atomic E-state index is -0.447. The Morgan fingerprint density at radius 3 is 2.53 bits per heavy atom. The van der Waals surface area contributed by atoms with Crippen LogP contribution in [0.15, 0.2) is 55.1 Å². The van der Waals surface area contributed by atoms with E-state index in [1.54, 1.807) is 18.2 Å². The standard InChI is InChI=1S/C15H13NO3/c1-2-13-9-6-10-14(15(13)16(17)18)19-11-12-7-4-3-5-8-12/h2-10H,1,11H2. The molecule has 0 N–H and O–H groups in total. The van der Waals surface area contributed by atoms with Gasteiger partial charge in [0.05, 0.1) is 10.5 Å². The van der Waals surface area contributed by atoms with E-state index in [2.05, 4.69) is 6.58 Å². The second kappa shape index (κ2) is 5.82. The van der Waals surface area contributed by atoms with Crippen LogP contribution in [0.5, 0.6) is 5.75 Å². The van der Waals surface area contributed by atoms with E-state index in [1.165, 1.54) is 6.08 Å². The number of hydrogen-bond acceptors (Lipinski definition) is 3. The molecule has 0 radical (unpaired) electrons. The number of nitro groups is 1. The lowest BCUT2D eigenvalue weighted by Gasteiger charge is -2.08. The van der Waals surface area contributed by atoms with Crippen LogP contribution in [0, 0.1) is 10.1 Å². The average Bonchev–Trinajstić information content (AvgIpc) is 2.45. The van der Waals surface area contributed by atoms with Crippen molar-refractivity contribution in [1.82, 2.24) is 0 Å². The zero-order valence-electron chi connectivity index (χ0n) is 10.3. The smallest absolute Gasteiger partial charge is 0.318 e. The molecule has 19 heavy (non-hydrogen) atoms. The van der Waals surface area contributed by atoms with Gasteiger partial charge in [-0.05, 0) is 17.7 Å². The van der Waals surface area contributed by atoms with E-state index in [0.29, 0.717) is 12.2 Å². The Morgan fingerprint density at radius 1 is 1.16 bits per heavy atom. The number of nitrogens with zero attached hydrogens (tertiary/aromatic N) is 1. The normalized spacial score (nSPS) is 9.89. The van der Waals surface area contributed by atoms with Crippen LogP contribution < -0.4 is 4.74 Å². The van der Waals surface area contributed by atoms with Crippen molar-refractivity contribution >= 4 is 11.8 Å². The Bertz CT molecular complexity index is 594. The Kier molecular flexibility index (Phi) is 3.93. The first kappa shape index (κ1) is 12.8. The molecular weight excluding hydrogens is 242 g/mol. The maximum atomic E-state index is 11.1. The molecule has 0 heterocycles. The van der Waals surface area contributed by atoms with Gasteiger partial charge in [0.1, 0.15) is 6.61 Å². The second-order valence-electron chi connectivity index (χ2n) is 3.93. The largest absolute Gasteiger partial charge is 0.482 e. The monoisotopic (exact) mass is 255 g/mol. The molecule has 0 amide bonds. The first-order valence-electron chi connectivity index (χ1n) is 5.79. The van der Waals surface area contributed by atoms with E-state index in [-0.39, 0.29) is 11.4 Å². The number of ether oxygens (including phenoxy) is 1. The van der Waals surface area contributed by atoms with Crippen molar-refractivity contribution in [2.24, 2.45) is 0 Å². The van der Waals surface area contributed by atoms with Crippen molar-refractivity contribution in [3.8, 4) is 5.75 Å². The van der Waals surface area contributed by atoms with E-state index < -0.39 is 4.92 Å². The number of benzene rings is 2. The minimum absolute atomic E-state index is 0.0477. The topological polar surface area (TPSA) is 52.4 Å². The van der Waals surface area contributed by atoms with Gasteiger partial charge in [-0.25, -0.2) is 0 Å². The van der Waals surface area contributed by atoms with Gasteiger partial charge in [-0.3, -0.25) is 10.1 Å².